The van der Waals surface area contributed by atoms with E-state index in [-0.39, 0.29) is 6.29 Å². The number of unbranched alkanes of at least 4 members (excludes halogenated alkanes) is 6. The zero-order valence-electron chi connectivity index (χ0n) is 13.2. The van der Waals surface area contributed by atoms with Crippen LogP contribution < -0.4 is 0 Å². The van der Waals surface area contributed by atoms with E-state index < -0.39 is 0 Å². The van der Waals surface area contributed by atoms with Crippen molar-refractivity contribution in [2.75, 3.05) is 6.61 Å². The highest BCUT2D eigenvalue weighted by Gasteiger charge is 2.04. The molecule has 0 fully saturated rings. The molecule has 1 aliphatic rings. The molecule has 0 spiro atoms. The number of ether oxygens (including phenoxy) is 2. The van der Waals surface area contributed by atoms with Crippen LogP contribution in [-0.2, 0) is 9.47 Å². The summed E-state index contributed by atoms with van der Waals surface area (Å²) in [5.41, 5.74) is 0. The first kappa shape index (κ1) is 17.6. The SMILES string of the molecule is C/C=C/CC#CCCCCCCCCOC1C=CC=CO1. The molecule has 21 heavy (non-hydrogen) atoms. The van der Waals surface area contributed by atoms with Crippen molar-refractivity contribution in [3.63, 3.8) is 0 Å². The molecule has 0 N–H and O–H groups in total. The summed E-state index contributed by atoms with van der Waals surface area (Å²) >= 11 is 0. The Bertz CT molecular complexity index is 382. The van der Waals surface area contributed by atoms with Crippen molar-refractivity contribution in [1.29, 1.82) is 0 Å². The zero-order chi connectivity index (χ0) is 15.0. The molecule has 0 amide bonds. The smallest absolute Gasteiger partial charge is 0.219 e. The Morgan fingerprint density at radius 3 is 2.62 bits per heavy atom. The highest BCUT2D eigenvalue weighted by Crippen LogP contribution is 2.09. The lowest BCUT2D eigenvalue weighted by Crippen LogP contribution is -2.13. The number of allylic oxidation sites excluding steroid dienone is 4. The van der Waals surface area contributed by atoms with E-state index in [1.807, 2.05) is 31.2 Å². The van der Waals surface area contributed by atoms with Crippen LogP contribution in [0.25, 0.3) is 0 Å². The fourth-order valence-electron chi connectivity index (χ4n) is 2.02. The van der Waals surface area contributed by atoms with Crippen molar-refractivity contribution in [2.45, 2.75) is 64.6 Å². The minimum absolute atomic E-state index is 0.184. The third-order valence-corrected chi connectivity index (χ3v) is 3.23. The van der Waals surface area contributed by atoms with E-state index in [4.69, 9.17) is 9.47 Å². The summed E-state index contributed by atoms with van der Waals surface area (Å²) in [6.07, 6.45) is 20.8. The maximum Gasteiger partial charge on any atom is 0.219 e. The van der Waals surface area contributed by atoms with Gasteiger partial charge < -0.3 is 9.47 Å². The van der Waals surface area contributed by atoms with E-state index in [1.165, 1.54) is 32.1 Å². The number of hydrogen-bond acceptors (Lipinski definition) is 2. The normalized spacial score (nSPS) is 16.7. The summed E-state index contributed by atoms with van der Waals surface area (Å²) < 4.78 is 10.9. The third kappa shape index (κ3) is 10.9. The van der Waals surface area contributed by atoms with E-state index >= 15 is 0 Å². The lowest BCUT2D eigenvalue weighted by molar-refractivity contribution is -0.0750. The summed E-state index contributed by atoms with van der Waals surface area (Å²) in [4.78, 5) is 0. The molecule has 2 heteroatoms. The standard InChI is InChI=1S/C19H28O2/c1-2-3-4-5-6-7-8-9-10-11-12-14-17-20-19-16-13-15-18-21-19/h2-3,13,15-16,18-19H,4,7-12,14,17H2,1H3/b3-2+. The van der Waals surface area contributed by atoms with Crippen molar-refractivity contribution in [1.82, 2.24) is 0 Å². The molecule has 1 rings (SSSR count). The molecule has 0 saturated heterocycles. The van der Waals surface area contributed by atoms with Crippen LogP contribution in [0.5, 0.6) is 0 Å². The van der Waals surface area contributed by atoms with Crippen LogP contribution in [0.15, 0.2) is 36.6 Å². The minimum atomic E-state index is -0.184. The van der Waals surface area contributed by atoms with Gasteiger partial charge in [-0.2, -0.15) is 0 Å². The predicted molar refractivity (Wildman–Crippen MR) is 88.6 cm³/mol. The first-order valence-electron chi connectivity index (χ1n) is 8.11. The average molecular weight is 288 g/mol. The van der Waals surface area contributed by atoms with E-state index in [9.17, 15) is 0 Å². The molecule has 0 saturated carbocycles. The van der Waals surface area contributed by atoms with Crippen LogP contribution in [0.1, 0.15) is 58.3 Å². The first-order valence-corrected chi connectivity index (χ1v) is 8.11. The van der Waals surface area contributed by atoms with Gasteiger partial charge >= 0.3 is 0 Å². The molecule has 0 bridgehead atoms. The van der Waals surface area contributed by atoms with Crippen LogP contribution in [0.2, 0.25) is 0 Å². The van der Waals surface area contributed by atoms with Crippen LogP contribution in [0, 0.1) is 11.8 Å². The molecule has 116 valence electrons. The molecule has 1 unspecified atom stereocenters. The van der Waals surface area contributed by atoms with Crippen molar-refractivity contribution in [2.24, 2.45) is 0 Å². The van der Waals surface area contributed by atoms with Gasteiger partial charge in [0, 0.05) is 12.8 Å². The molecule has 1 heterocycles. The van der Waals surface area contributed by atoms with Crippen LogP contribution in [0.4, 0.5) is 0 Å². The fraction of sp³-hybridized carbons (Fsp3) is 0.579. The predicted octanol–water partition coefficient (Wildman–Crippen LogP) is 5.13. The Kier molecular flexibility index (Phi) is 11.3. The summed E-state index contributed by atoms with van der Waals surface area (Å²) in [7, 11) is 0. The van der Waals surface area contributed by atoms with E-state index in [0.29, 0.717) is 0 Å². The lowest BCUT2D eigenvalue weighted by atomic mass is 10.1. The van der Waals surface area contributed by atoms with Crippen LogP contribution >= 0.6 is 0 Å². The monoisotopic (exact) mass is 288 g/mol. The van der Waals surface area contributed by atoms with Gasteiger partial charge in [0.2, 0.25) is 6.29 Å². The van der Waals surface area contributed by atoms with Crippen LogP contribution in [0.3, 0.4) is 0 Å². The van der Waals surface area contributed by atoms with Crippen molar-refractivity contribution in [3.8, 4) is 11.8 Å². The maximum absolute atomic E-state index is 5.59. The Labute approximate surface area is 129 Å². The topological polar surface area (TPSA) is 18.5 Å². The Hall–Kier alpha value is -1.46. The summed E-state index contributed by atoms with van der Waals surface area (Å²) in [5, 5.41) is 0. The van der Waals surface area contributed by atoms with Gasteiger partial charge in [-0.15, -0.1) is 5.92 Å². The van der Waals surface area contributed by atoms with Crippen molar-refractivity contribution < 1.29 is 9.47 Å². The summed E-state index contributed by atoms with van der Waals surface area (Å²) in [6, 6.07) is 0. The van der Waals surface area contributed by atoms with Gasteiger partial charge in [0.25, 0.3) is 0 Å². The largest absolute Gasteiger partial charge is 0.469 e. The molecular weight excluding hydrogens is 260 g/mol. The van der Waals surface area contributed by atoms with Gasteiger partial charge in [0.15, 0.2) is 0 Å². The zero-order valence-corrected chi connectivity index (χ0v) is 13.2. The van der Waals surface area contributed by atoms with Crippen molar-refractivity contribution >= 4 is 0 Å². The molecule has 2 nitrogen and oxygen atoms in total. The van der Waals surface area contributed by atoms with E-state index in [2.05, 4.69) is 17.9 Å². The molecule has 0 aromatic heterocycles. The van der Waals surface area contributed by atoms with Crippen molar-refractivity contribution in [3.05, 3.63) is 36.6 Å². The molecule has 0 aromatic carbocycles. The molecule has 1 atom stereocenters. The molecular formula is C19H28O2. The third-order valence-electron chi connectivity index (χ3n) is 3.23. The van der Waals surface area contributed by atoms with Gasteiger partial charge in [0.1, 0.15) is 0 Å². The second kappa shape index (κ2) is 13.5. The lowest BCUT2D eigenvalue weighted by Gasteiger charge is -2.15. The summed E-state index contributed by atoms with van der Waals surface area (Å²) in [6.45, 7) is 2.81. The number of hydrogen-bond donors (Lipinski definition) is 0. The Balaban J connectivity index is 1.79. The number of rotatable bonds is 10. The van der Waals surface area contributed by atoms with Gasteiger partial charge in [-0.3, -0.25) is 0 Å². The average Bonchev–Trinajstić information content (AvgIpc) is 2.53. The van der Waals surface area contributed by atoms with E-state index in [1.54, 1.807) is 6.26 Å². The Morgan fingerprint density at radius 2 is 1.86 bits per heavy atom. The summed E-state index contributed by atoms with van der Waals surface area (Å²) in [5.74, 6) is 6.38. The highest BCUT2D eigenvalue weighted by atomic mass is 16.7. The van der Waals surface area contributed by atoms with Gasteiger partial charge in [0.05, 0.1) is 12.9 Å². The van der Waals surface area contributed by atoms with Gasteiger partial charge in [-0.1, -0.05) is 49.8 Å². The van der Waals surface area contributed by atoms with Gasteiger partial charge in [-0.05, 0) is 31.9 Å². The molecule has 1 aliphatic heterocycles. The minimum Gasteiger partial charge on any atom is -0.469 e. The quantitative estimate of drug-likeness (QED) is 0.315. The molecule has 0 radical (unpaired) electrons. The van der Waals surface area contributed by atoms with E-state index in [0.717, 1.165) is 25.9 Å². The second-order valence-corrected chi connectivity index (χ2v) is 5.09. The molecule has 0 aliphatic carbocycles. The Morgan fingerprint density at radius 1 is 1.05 bits per heavy atom. The maximum atomic E-state index is 5.59. The first-order chi connectivity index (χ1) is 10.4. The highest BCUT2D eigenvalue weighted by molar-refractivity contribution is 5.05. The fourth-order valence-corrected chi connectivity index (χ4v) is 2.02. The van der Waals surface area contributed by atoms with Gasteiger partial charge in [-0.25, -0.2) is 0 Å². The second-order valence-electron chi connectivity index (χ2n) is 5.09. The van der Waals surface area contributed by atoms with Crippen LogP contribution in [-0.4, -0.2) is 12.9 Å². The molecule has 0 aromatic rings.